The second kappa shape index (κ2) is 7.61. The second-order valence-electron chi connectivity index (χ2n) is 4.66. The van der Waals surface area contributed by atoms with E-state index >= 15 is 0 Å². The van der Waals surface area contributed by atoms with Gasteiger partial charge in [0, 0.05) is 26.7 Å². The molecule has 0 radical (unpaired) electrons. The summed E-state index contributed by atoms with van der Waals surface area (Å²) in [5.74, 6) is 0.999. The zero-order valence-electron chi connectivity index (χ0n) is 11.1. The van der Waals surface area contributed by atoms with Crippen molar-refractivity contribution in [3.63, 3.8) is 0 Å². The molecule has 3 nitrogen and oxygen atoms in total. The van der Waals surface area contributed by atoms with Gasteiger partial charge in [-0.15, -0.1) is 24.0 Å². The number of guanidine groups is 1. The molecule has 0 spiro atoms. The lowest BCUT2D eigenvalue weighted by Gasteiger charge is -2.31. The van der Waals surface area contributed by atoms with Crippen molar-refractivity contribution in [3.8, 4) is 0 Å². The van der Waals surface area contributed by atoms with Gasteiger partial charge in [0.15, 0.2) is 5.96 Å². The first kappa shape index (κ1) is 15.3. The van der Waals surface area contributed by atoms with Crippen LogP contribution < -0.4 is 5.32 Å². The van der Waals surface area contributed by atoms with Gasteiger partial charge in [-0.3, -0.25) is 4.99 Å². The molecular formula is C14H22IN3. The summed E-state index contributed by atoms with van der Waals surface area (Å²) in [6, 6.07) is 11.1. The lowest BCUT2D eigenvalue weighted by atomic mass is 9.93. The third-order valence-corrected chi connectivity index (χ3v) is 3.27. The molecule has 0 aliphatic heterocycles. The highest BCUT2D eigenvalue weighted by atomic mass is 127. The number of hydrogen-bond acceptors (Lipinski definition) is 1. The highest BCUT2D eigenvalue weighted by Crippen LogP contribution is 2.18. The largest absolute Gasteiger partial charge is 0.354 e. The standard InChI is InChI=1S/C14H21N3.HI/c1-15-14(16-13-9-6-10-13)17(2)11-12-7-4-3-5-8-12;/h3-5,7-8,13H,6,9-11H2,1-2H3,(H,15,16);1H. The maximum Gasteiger partial charge on any atom is 0.193 e. The van der Waals surface area contributed by atoms with Crippen LogP contribution in [-0.4, -0.2) is 31.0 Å². The van der Waals surface area contributed by atoms with Crippen molar-refractivity contribution in [3.05, 3.63) is 35.9 Å². The predicted octanol–water partition coefficient (Wildman–Crippen LogP) is 2.86. The van der Waals surface area contributed by atoms with Crippen molar-refractivity contribution in [1.82, 2.24) is 10.2 Å². The number of rotatable bonds is 3. The lowest BCUT2D eigenvalue weighted by molar-refractivity contribution is 0.359. The van der Waals surface area contributed by atoms with Gasteiger partial charge in [0.2, 0.25) is 0 Å². The van der Waals surface area contributed by atoms with E-state index in [1.165, 1.54) is 24.8 Å². The molecule has 18 heavy (non-hydrogen) atoms. The first-order chi connectivity index (χ1) is 8.29. The summed E-state index contributed by atoms with van der Waals surface area (Å²) in [6.07, 6.45) is 3.90. The molecule has 1 saturated carbocycles. The minimum absolute atomic E-state index is 0. The zero-order valence-corrected chi connectivity index (χ0v) is 13.4. The van der Waals surface area contributed by atoms with Crippen molar-refractivity contribution < 1.29 is 0 Å². The molecule has 0 aromatic heterocycles. The molecule has 0 bridgehead atoms. The van der Waals surface area contributed by atoms with E-state index in [-0.39, 0.29) is 24.0 Å². The predicted molar refractivity (Wildman–Crippen MR) is 87.5 cm³/mol. The van der Waals surface area contributed by atoms with E-state index in [0.29, 0.717) is 6.04 Å². The van der Waals surface area contributed by atoms with E-state index in [4.69, 9.17) is 0 Å². The number of aliphatic imine (C=N–C) groups is 1. The smallest absolute Gasteiger partial charge is 0.193 e. The maximum absolute atomic E-state index is 4.34. The summed E-state index contributed by atoms with van der Waals surface area (Å²) in [4.78, 5) is 6.51. The summed E-state index contributed by atoms with van der Waals surface area (Å²) < 4.78 is 0. The molecule has 2 rings (SSSR count). The summed E-state index contributed by atoms with van der Waals surface area (Å²) >= 11 is 0. The molecule has 1 aliphatic rings. The third-order valence-electron chi connectivity index (χ3n) is 3.27. The lowest BCUT2D eigenvalue weighted by Crippen LogP contribution is -2.46. The molecule has 1 aromatic rings. The normalized spacial score (nSPS) is 15.6. The van der Waals surface area contributed by atoms with E-state index in [1.807, 2.05) is 13.1 Å². The van der Waals surface area contributed by atoms with E-state index in [0.717, 1.165) is 12.5 Å². The highest BCUT2D eigenvalue weighted by Gasteiger charge is 2.19. The highest BCUT2D eigenvalue weighted by molar-refractivity contribution is 14.0. The Hall–Kier alpha value is -0.780. The minimum atomic E-state index is 0. The Bertz CT molecular complexity index is 374. The molecule has 0 heterocycles. The molecule has 0 atom stereocenters. The molecule has 1 fully saturated rings. The van der Waals surface area contributed by atoms with Gasteiger partial charge in [0.25, 0.3) is 0 Å². The van der Waals surface area contributed by atoms with Crippen molar-refractivity contribution in [1.29, 1.82) is 0 Å². The fourth-order valence-corrected chi connectivity index (χ4v) is 2.01. The molecule has 1 N–H and O–H groups in total. The fourth-order valence-electron chi connectivity index (χ4n) is 2.01. The van der Waals surface area contributed by atoms with Gasteiger partial charge in [-0.2, -0.15) is 0 Å². The Morgan fingerprint density at radius 3 is 2.50 bits per heavy atom. The SMILES string of the molecule is CN=C(NC1CCC1)N(C)Cc1ccccc1.I. The maximum atomic E-state index is 4.34. The quantitative estimate of drug-likeness (QED) is 0.511. The van der Waals surface area contributed by atoms with Crippen molar-refractivity contribution >= 4 is 29.9 Å². The summed E-state index contributed by atoms with van der Waals surface area (Å²) in [5, 5.41) is 3.50. The first-order valence-electron chi connectivity index (χ1n) is 6.28. The van der Waals surface area contributed by atoms with Crippen LogP contribution in [0.4, 0.5) is 0 Å². The van der Waals surface area contributed by atoms with Crippen LogP contribution in [0.1, 0.15) is 24.8 Å². The summed E-state index contributed by atoms with van der Waals surface area (Å²) in [6.45, 7) is 0.896. The number of halogens is 1. The Kier molecular flexibility index (Phi) is 6.46. The molecule has 1 aliphatic carbocycles. The van der Waals surface area contributed by atoms with Gasteiger partial charge in [-0.05, 0) is 24.8 Å². The number of benzene rings is 1. The van der Waals surface area contributed by atoms with Crippen LogP contribution in [0.3, 0.4) is 0 Å². The van der Waals surface area contributed by atoms with E-state index in [2.05, 4.69) is 46.5 Å². The van der Waals surface area contributed by atoms with Crippen molar-refractivity contribution in [2.24, 2.45) is 4.99 Å². The Labute approximate surface area is 127 Å². The molecule has 100 valence electrons. The molecule has 0 unspecified atom stereocenters. The Morgan fingerprint density at radius 1 is 1.33 bits per heavy atom. The van der Waals surface area contributed by atoms with Gasteiger partial charge in [0.1, 0.15) is 0 Å². The average molecular weight is 359 g/mol. The van der Waals surface area contributed by atoms with E-state index < -0.39 is 0 Å². The zero-order chi connectivity index (χ0) is 12.1. The van der Waals surface area contributed by atoms with E-state index in [1.54, 1.807) is 0 Å². The summed E-state index contributed by atoms with van der Waals surface area (Å²) in [7, 11) is 3.93. The average Bonchev–Trinajstić information content (AvgIpc) is 2.29. The molecule has 1 aromatic carbocycles. The molecule has 0 saturated heterocycles. The minimum Gasteiger partial charge on any atom is -0.354 e. The first-order valence-corrected chi connectivity index (χ1v) is 6.28. The Morgan fingerprint density at radius 2 is 2.00 bits per heavy atom. The molecular weight excluding hydrogens is 337 g/mol. The van der Waals surface area contributed by atoms with Crippen LogP contribution in [0.5, 0.6) is 0 Å². The van der Waals surface area contributed by atoms with Crippen LogP contribution >= 0.6 is 24.0 Å². The van der Waals surface area contributed by atoms with Gasteiger partial charge >= 0.3 is 0 Å². The number of nitrogens with one attached hydrogen (secondary N) is 1. The van der Waals surface area contributed by atoms with Crippen molar-refractivity contribution in [2.45, 2.75) is 31.8 Å². The molecule has 4 heteroatoms. The van der Waals surface area contributed by atoms with E-state index in [9.17, 15) is 0 Å². The molecule has 0 amide bonds. The number of nitrogens with zero attached hydrogens (tertiary/aromatic N) is 2. The number of hydrogen-bond donors (Lipinski definition) is 1. The topological polar surface area (TPSA) is 27.6 Å². The van der Waals surface area contributed by atoms with Crippen LogP contribution in [0, 0.1) is 0 Å². The monoisotopic (exact) mass is 359 g/mol. The summed E-state index contributed by atoms with van der Waals surface area (Å²) in [5.41, 5.74) is 1.31. The van der Waals surface area contributed by atoms with Crippen molar-refractivity contribution in [2.75, 3.05) is 14.1 Å². The van der Waals surface area contributed by atoms with Crippen LogP contribution in [0.25, 0.3) is 0 Å². The van der Waals surface area contributed by atoms with Crippen LogP contribution in [-0.2, 0) is 6.54 Å². The second-order valence-corrected chi connectivity index (χ2v) is 4.66. The van der Waals surface area contributed by atoms with Gasteiger partial charge < -0.3 is 10.2 Å². The van der Waals surface area contributed by atoms with Crippen LogP contribution in [0.2, 0.25) is 0 Å². The third kappa shape index (κ3) is 4.15. The van der Waals surface area contributed by atoms with Gasteiger partial charge in [-0.1, -0.05) is 30.3 Å². The van der Waals surface area contributed by atoms with Gasteiger partial charge in [-0.25, -0.2) is 0 Å². The Balaban J connectivity index is 0.00000162. The van der Waals surface area contributed by atoms with Gasteiger partial charge in [0.05, 0.1) is 0 Å². The fraction of sp³-hybridized carbons (Fsp3) is 0.500. The van der Waals surface area contributed by atoms with Crippen LogP contribution in [0.15, 0.2) is 35.3 Å².